The van der Waals surface area contributed by atoms with Crippen LogP contribution in [0.3, 0.4) is 0 Å². The Labute approximate surface area is 187 Å². The number of rotatable bonds is 6. The highest BCUT2D eigenvalue weighted by molar-refractivity contribution is 9.10. The Hall–Kier alpha value is -3.18. The summed E-state index contributed by atoms with van der Waals surface area (Å²) in [6.07, 6.45) is 3.71. The Balaban J connectivity index is 2.14. The van der Waals surface area contributed by atoms with E-state index in [1.54, 1.807) is 25.1 Å². The van der Waals surface area contributed by atoms with E-state index in [-0.39, 0.29) is 28.5 Å². The average molecular weight is 505 g/mol. The van der Waals surface area contributed by atoms with Gasteiger partial charge in [-0.2, -0.15) is 0 Å². The molecule has 2 heterocycles. The maximum Gasteiger partial charge on any atom is 0.283 e. The Morgan fingerprint density at radius 2 is 1.94 bits per heavy atom. The van der Waals surface area contributed by atoms with Crippen molar-refractivity contribution in [2.75, 3.05) is 11.2 Å². The fourth-order valence-electron chi connectivity index (χ4n) is 2.87. The topological polar surface area (TPSA) is 123 Å². The number of sulfone groups is 1. The zero-order chi connectivity index (χ0) is 22.8. The third kappa shape index (κ3) is 5.12. The Bertz CT molecular complexity index is 1260. The quantitative estimate of drug-likeness (QED) is 0.370. The molecule has 0 aliphatic rings. The van der Waals surface area contributed by atoms with Crippen molar-refractivity contribution in [1.82, 2.24) is 9.97 Å². The Morgan fingerprint density at radius 1 is 1.19 bits per heavy atom. The first-order chi connectivity index (χ1) is 14.6. The molecule has 160 valence electrons. The molecule has 3 aromatic rings. The fourth-order valence-corrected chi connectivity index (χ4v) is 4.07. The van der Waals surface area contributed by atoms with Crippen molar-refractivity contribution in [2.45, 2.75) is 18.5 Å². The monoisotopic (exact) mass is 504 g/mol. The molecule has 0 fully saturated rings. The zero-order valence-corrected chi connectivity index (χ0v) is 18.9. The molecular weight excluding hydrogens is 488 g/mol. The average Bonchev–Trinajstić information content (AvgIpc) is 2.72. The number of aryl methyl sites for hydroxylation is 1. The molecule has 1 amide bonds. The summed E-state index contributed by atoms with van der Waals surface area (Å²) in [5.74, 6) is -0.518. The first-order valence-electron chi connectivity index (χ1n) is 8.90. The molecule has 11 heteroatoms. The van der Waals surface area contributed by atoms with Crippen molar-refractivity contribution >= 4 is 43.0 Å². The van der Waals surface area contributed by atoms with Gasteiger partial charge in [-0.25, -0.2) is 13.4 Å². The van der Waals surface area contributed by atoms with Crippen LogP contribution in [-0.2, 0) is 16.4 Å². The molecule has 0 spiro atoms. The van der Waals surface area contributed by atoms with Gasteiger partial charge in [0, 0.05) is 30.4 Å². The minimum absolute atomic E-state index is 0.0705. The number of carbonyl (C=O) groups excluding carboxylic acids is 1. The van der Waals surface area contributed by atoms with Crippen LogP contribution in [0, 0.1) is 17.0 Å². The van der Waals surface area contributed by atoms with Crippen molar-refractivity contribution < 1.29 is 18.1 Å². The standard InChI is InChI=1S/C20H17BrN4O5S/c1-13-5-7-15(11-23-13)20(26)24(17-4-3-9-22-19(17)31(2,29)30)12-14-6-8-16(21)18(10-14)25(27)28/h3-11H,12H2,1-2H3. The van der Waals surface area contributed by atoms with E-state index < -0.39 is 20.7 Å². The van der Waals surface area contributed by atoms with Crippen LogP contribution >= 0.6 is 15.9 Å². The number of halogens is 1. The van der Waals surface area contributed by atoms with Crippen LogP contribution < -0.4 is 4.90 Å². The largest absolute Gasteiger partial charge is 0.301 e. The van der Waals surface area contributed by atoms with Gasteiger partial charge < -0.3 is 4.90 Å². The molecule has 0 aliphatic heterocycles. The van der Waals surface area contributed by atoms with Crippen molar-refractivity contribution in [3.8, 4) is 0 Å². The van der Waals surface area contributed by atoms with Crippen molar-refractivity contribution in [2.24, 2.45) is 0 Å². The third-order valence-corrected chi connectivity index (χ3v) is 6.03. The lowest BCUT2D eigenvalue weighted by Gasteiger charge is -2.24. The van der Waals surface area contributed by atoms with E-state index in [4.69, 9.17) is 0 Å². The molecule has 0 radical (unpaired) electrons. The predicted molar refractivity (Wildman–Crippen MR) is 118 cm³/mol. The number of carbonyl (C=O) groups is 1. The van der Waals surface area contributed by atoms with E-state index in [0.717, 1.165) is 6.26 Å². The van der Waals surface area contributed by atoms with E-state index in [9.17, 15) is 23.3 Å². The number of nitro groups is 1. The lowest BCUT2D eigenvalue weighted by molar-refractivity contribution is -0.385. The van der Waals surface area contributed by atoms with Crippen LogP contribution in [0.4, 0.5) is 11.4 Å². The summed E-state index contributed by atoms with van der Waals surface area (Å²) in [5.41, 5.74) is 1.29. The van der Waals surface area contributed by atoms with Crippen LogP contribution in [0.5, 0.6) is 0 Å². The summed E-state index contributed by atoms with van der Waals surface area (Å²) < 4.78 is 24.9. The molecule has 31 heavy (non-hydrogen) atoms. The van der Waals surface area contributed by atoms with Crippen LogP contribution in [-0.4, -0.2) is 35.5 Å². The summed E-state index contributed by atoms with van der Waals surface area (Å²) in [7, 11) is -3.76. The smallest absolute Gasteiger partial charge is 0.283 e. The van der Waals surface area contributed by atoms with Gasteiger partial charge in [0.15, 0.2) is 14.9 Å². The van der Waals surface area contributed by atoms with Gasteiger partial charge in [0.25, 0.3) is 11.6 Å². The number of nitrogens with zero attached hydrogens (tertiary/aromatic N) is 4. The summed E-state index contributed by atoms with van der Waals surface area (Å²) in [6.45, 7) is 1.66. The number of anilines is 1. The van der Waals surface area contributed by atoms with Gasteiger partial charge in [-0.3, -0.25) is 19.9 Å². The Morgan fingerprint density at radius 3 is 2.55 bits per heavy atom. The highest BCUT2D eigenvalue weighted by atomic mass is 79.9. The third-order valence-electron chi connectivity index (χ3n) is 4.34. The van der Waals surface area contributed by atoms with Gasteiger partial charge in [0.1, 0.15) is 0 Å². The van der Waals surface area contributed by atoms with Gasteiger partial charge in [-0.1, -0.05) is 6.07 Å². The number of aromatic nitrogens is 2. The predicted octanol–water partition coefficient (Wildman–Crippen LogP) is 3.71. The van der Waals surface area contributed by atoms with Gasteiger partial charge in [0.05, 0.1) is 27.2 Å². The van der Waals surface area contributed by atoms with Crippen molar-refractivity contribution in [1.29, 1.82) is 0 Å². The first kappa shape index (κ1) is 22.5. The van der Waals surface area contributed by atoms with Gasteiger partial charge >= 0.3 is 0 Å². The summed E-state index contributed by atoms with van der Waals surface area (Å²) in [4.78, 5) is 33.4. The molecule has 3 rings (SSSR count). The number of benzene rings is 1. The molecule has 0 bridgehead atoms. The molecule has 0 N–H and O–H groups in total. The lowest BCUT2D eigenvalue weighted by atomic mass is 10.1. The Kier molecular flexibility index (Phi) is 6.46. The SMILES string of the molecule is Cc1ccc(C(=O)N(Cc2ccc(Br)c([N+](=O)[O-])c2)c2cccnc2S(C)(=O)=O)cn1. The van der Waals surface area contributed by atoms with Crippen molar-refractivity contribution in [3.63, 3.8) is 0 Å². The fraction of sp³-hybridized carbons (Fsp3) is 0.150. The molecule has 0 saturated carbocycles. The number of pyridine rings is 2. The van der Waals surface area contributed by atoms with E-state index in [0.29, 0.717) is 15.7 Å². The second-order valence-electron chi connectivity index (χ2n) is 6.72. The minimum atomic E-state index is -3.76. The number of hydrogen-bond acceptors (Lipinski definition) is 7. The first-order valence-corrected chi connectivity index (χ1v) is 11.6. The molecule has 9 nitrogen and oxygen atoms in total. The van der Waals surface area contributed by atoms with Gasteiger partial charge in [-0.05, 0) is 58.7 Å². The maximum atomic E-state index is 13.3. The van der Waals surface area contributed by atoms with Crippen LogP contribution in [0.2, 0.25) is 0 Å². The molecule has 0 saturated heterocycles. The summed E-state index contributed by atoms with van der Waals surface area (Å²) in [6, 6.07) is 10.7. The summed E-state index contributed by atoms with van der Waals surface area (Å²) >= 11 is 3.13. The second-order valence-corrected chi connectivity index (χ2v) is 9.51. The number of amides is 1. The number of hydrogen-bond donors (Lipinski definition) is 0. The maximum absolute atomic E-state index is 13.3. The van der Waals surface area contributed by atoms with E-state index >= 15 is 0 Å². The normalized spacial score (nSPS) is 11.2. The highest BCUT2D eigenvalue weighted by Gasteiger charge is 2.26. The van der Waals surface area contributed by atoms with E-state index in [1.165, 1.54) is 41.6 Å². The second kappa shape index (κ2) is 8.90. The van der Waals surface area contributed by atoms with Crippen LogP contribution in [0.15, 0.2) is 64.4 Å². The molecule has 1 aromatic carbocycles. The van der Waals surface area contributed by atoms with E-state index in [1.807, 2.05) is 0 Å². The minimum Gasteiger partial charge on any atom is -0.301 e. The molecule has 0 aliphatic carbocycles. The molecule has 0 atom stereocenters. The lowest BCUT2D eigenvalue weighted by Crippen LogP contribution is -2.32. The molecule has 2 aromatic heterocycles. The van der Waals surface area contributed by atoms with Crippen LogP contribution in [0.25, 0.3) is 0 Å². The van der Waals surface area contributed by atoms with E-state index in [2.05, 4.69) is 25.9 Å². The van der Waals surface area contributed by atoms with Crippen LogP contribution in [0.1, 0.15) is 21.6 Å². The molecule has 0 unspecified atom stereocenters. The van der Waals surface area contributed by atoms with Gasteiger partial charge in [-0.15, -0.1) is 0 Å². The highest BCUT2D eigenvalue weighted by Crippen LogP contribution is 2.30. The number of nitro benzene ring substituents is 1. The summed E-state index contributed by atoms with van der Waals surface area (Å²) in [5, 5.41) is 11.0. The van der Waals surface area contributed by atoms with Crippen molar-refractivity contribution in [3.05, 3.63) is 86.3 Å². The molecular formula is C20H17BrN4O5S. The van der Waals surface area contributed by atoms with Gasteiger partial charge in [0.2, 0.25) is 0 Å². The zero-order valence-electron chi connectivity index (χ0n) is 16.5.